The number of nitrogens with zero attached hydrogens (tertiary/aromatic N) is 2. The fourth-order valence-electron chi connectivity index (χ4n) is 2.46. The van der Waals surface area contributed by atoms with Crippen LogP contribution in [0.5, 0.6) is 0 Å². The zero-order chi connectivity index (χ0) is 15.5. The van der Waals surface area contributed by atoms with Crippen LogP contribution in [0.2, 0.25) is 0 Å². The number of carbonyl (C=O) groups excluding carboxylic acids is 2. The Hall–Kier alpha value is -2.28. The predicted octanol–water partition coefficient (Wildman–Crippen LogP) is 2.56. The molecule has 0 saturated carbocycles. The number of aryl methyl sites for hydroxylation is 1. The van der Waals surface area contributed by atoms with E-state index in [-0.39, 0.29) is 18.2 Å². The molecular weight excluding hydrogens is 300 g/mol. The monoisotopic (exact) mass is 316 g/mol. The molecule has 1 atom stereocenters. The van der Waals surface area contributed by atoms with E-state index >= 15 is 0 Å². The fourth-order valence-corrected chi connectivity index (χ4v) is 3.30. The van der Waals surface area contributed by atoms with Crippen LogP contribution in [0.1, 0.15) is 36.3 Å². The van der Waals surface area contributed by atoms with E-state index in [1.54, 1.807) is 6.07 Å². The molecule has 0 fully saturated rings. The van der Waals surface area contributed by atoms with Gasteiger partial charge in [-0.05, 0) is 18.1 Å². The number of anilines is 2. The van der Waals surface area contributed by atoms with Crippen LogP contribution in [0.15, 0.2) is 24.3 Å². The normalized spacial score (nSPS) is 16.8. The van der Waals surface area contributed by atoms with E-state index in [9.17, 15) is 9.59 Å². The van der Waals surface area contributed by atoms with Gasteiger partial charge >= 0.3 is 0 Å². The maximum atomic E-state index is 12.5. The molecule has 2 aromatic rings. The largest absolute Gasteiger partial charge is 0.326 e. The van der Waals surface area contributed by atoms with Crippen LogP contribution in [0.3, 0.4) is 0 Å². The van der Waals surface area contributed by atoms with Gasteiger partial charge in [0.15, 0.2) is 0 Å². The third kappa shape index (κ3) is 2.99. The third-order valence-corrected chi connectivity index (χ3v) is 4.38. The van der Waals surface area contributed by atoms with Gasteiger partial charge in [-0.2, -0.15) is 0 Å². The summed E-state index contributed by atoms with van der Waals surface area (Å²) in [6, 6.07) is 7.36. The van der Waals surface area contributed by atoms with Crippen molar-refractivity contribution in [2.75, 3.05) is 10.6 Å². The molecule has 7 heteroatoms. The Labute approximate surface area is 132 Å². The van der Waals surface area contributed by atoms with Crippen LogP contribution in [0.4, 0.5) is 10.8 Å². The molecule has 0 radical (unpaired) electrons. The Morgan fingerprint density at radius 1 is 1.41 bits per heavy atom. The molecular formula is C15H16N4O2S. The summed E-state index contributed by atoms with van der Waals surface area (Å²) in [7, 11) is 0. The number of aromatic nitrogens is 2. The minimum absolute atomic E-state index is 0.142. The van der Waals surface area contributed by atoms with Crippen molar-refractivity contribution in [2.45, 2.75) is 32.1 Å². The van der Waals surface area contributed by atoms with E-state index in [0.717, 1.165) is 23.4 Å². The standard InChI is InChI=1S/C15H16N4O2S/c1-2-5-13-18-19-15(22-13)17-14(21)10-8-12(20)16-11-7-4-3-6-9(10)11/h3-4,6-7,10H,2,5,8H2,1H3,(H,16,20)(H,17,19,21). The molecule has 2 heterocycles. The van der Waals surface area contributed by atoms with Gasteiger partial charge in [-0.25, -0.2) is 0 Å². The second kappa shape index (κ2) is 6.23. The number of carbonyl (C=O) groups is 2. The van der Waals surface area contributed by atoms with Gasteiger partial charge in [-0.15, -0.1) is 10.2 Å². The van der Waals surface area contributed by atoms with Gasteiger partial charge in [-0.1, -0.05) is 36.5 Å². The highest BCUT2D eigenvalue weighted by molar-refractivity contribution is 7.15. The lowest BCUT2D eigenvalue weighted by Gasteiger charge is -2.24. The summed E-state index contributed by atoms with van der Waals surface area (Å²) in [6.45, 7) is 2.07. The molecule has 114 valence electrons. The highest BCUT2D eigenvalue weighted by Crippen LogP contribution is 2.33. The smallest absolute Gasteiger partial charge is 0.234 e. The van der Waals surface area contributed by atoms with Crippen molar-refractivity contribution in [2.24, 2.45) is 0 Å². The van der Waals surface area contributed by atoms with Crippen molar-refractivity contribution in [1.82, 2.24) is 10.2 Å². The van der Waals surface area contributed by atoms with Crippen LogP contribution in [-0.4, -0.2) is 22.0 Å². The lowest BCUT2D eigenvalue weighted by atomic mass is 9.90. The summed E-state index contributed by atoms with van der Waals surface area (Å²) in [5, 5.41) is 15.0. The Morgan fingerprint density at radius 2 is 2.23 bits per heavy atom. The van der Waals surface area contributed by atoms with E-state index in [4.69, 9.17) is 0 Å². The first kappa shape index (κ1) is 14.6. The molecule has 0 saturated heterocycles. The summed E-state index contributed by atoms with van der Waals surface area (Å²) in [5.41, 5.74) is 1.53. The highest BCUT2D eigenvalue weighted by Gasteiger charge is 2.30. The van der Waals surface area contributed by atoms with E-state index in [2.05, 4.69) is 27.8 Å². The Balaban J connectivity index is 1.78. The molecule has 0 bridgehead atoms. The van der Waals surface area contributed by atoms with Crippen molar-refractivity contribution in [3.05, 3.63) is 34.8 Å². The van der Waals surface area contributed by atoms with Crippen LogP contribution in [0.25, 0.3) is 0 Å². The first-order valence-corrected chi connectivity index (χ1v) is 8.01. The summed E-state index contributed by atoms with van der Waals surface area (Å²) >= 11 is 1.38. The number of hydrogen-bond acceptors (Lipinski definition) is 5. The Kier molecular flexibility index (Phi) is 4.15. The number of amides is 2. The van der Waals surface area contributed by atoms with Crippen LogP contribution in [0, 0.1) is 0 Å². The van der Waals surface area contributed by atoms with Crippen molar-refractivity contribution < 1.29 is 9.59 Å². The minimum Gasteiger partial charge on any atom is -0.326 e. The quantitative estimate of drug-likeness (QED) is 0.908. The van der Waals surface area contributed by atoms with Gasteiger partial charge < -0.3 is 5.32 Å². The molecule has 1 aliphatic rings. The Morgan fingerprint density at radius 3 is 3.05 bits per heavy atom. The SMILES string of the molecule is CCCc1nnc(NC(=O)C2CC(=O)Nc3ccccc32)s1. The number of benzene rings is 1. The zero-order valence-corrected chi connectivity index (χ0v) is 12.9. The maximum Gasteiger partial charge on any atom is 0.234 e. The van der Waals surface area contributed by atoms with E-state index in [1.807, 2.05) is 18.2 Å². The first-order chi connectivity index (χ1) is 10.7. The van der Waals surface area contributed by atoms with Gasteiger partial charge in [0, 0.05) is 18.5 Å². The third-order valence-electron chi connectivity index (χ3n) is 3.48. The molecule has 1 aromatic carbocycles. The molecule has 1 unspecified atom stereocenters. The second-order valence-corrected chi connectivity index (χ2v) is 6.19. The summed E-state index contributed by atoms with van der Waals surface area (Å²) in [6.07, 6.45) is 1.98. The fraction of sp³-hybridized carbons (Fsp3) is 0.333. The van der Waals surface area contributed by atoms with Gasteiger partial charge in [0.1, 0.15) is 5.01 Å². The number of hydrogen-bond donors (Lipinski definition) is 2. The number of rotatable bonds is 4. The summed E-state index contributed by atoms with van der Waals surface area (Å²) in [5.74, 6) is -0.868. The topological polar surface area (TPSA) is 84.0 Å². The lowest BCUT2D eigenvalue weighted by molar-refractivity contribution is -0.123. The molecule has 22 heavy (non-hydrogen) atoms. The summed E-state index contributed by atoms with van der Waals surface area (Å²) < 4.78 is 0. The summed E-state index contributed by atoms with van der Waals surface area (Å²) in [4.78, 5) is 24.3. The Bertz CT molecular complexity index is 713. The molecule has 2 amide bonds. The molecule has 6 nitrogen and oxygen atoms in total. The first-order valence-electron chi connectivity index (χ1n) is 7.19. The average Bonchev–Trinajstić information content (AvgIpc) is 2.94. The molecule has 0 aliphatic carbocycles. The predicted molar refractivity (Wildman–Crippen MR) is 85.0 cm³/mol. The molecule has 3 rings (SSSR count). The maximum absolute atomic E-state index is 12.5. The van der Waals surface area contributed by atoms with E-state index < -0.39 is 5.92 Å². The van der Waals surface area contributed by atoms with E-state index in [1.165, 1.54) is 11.3 Å². The highest BCUT2D eigenvalue weighted by atomic mass is 32.1. The molecule has 1 aromatic heterocycles. The molecule has 0 spiro atoms. The lowest BCUT2D eigenvalue weighted by Crippen LogP contribution is -2.30. The average molecular weight is 316 g/mol. The van der Waals surface area contributed by atoms with Gasteiger partial charge in [0.05, 0.1) is 5.92 Å². The van der Waals surface area contributed by atoms with Crippen LogP contribution in [-0.2, 0) is 16.0 Å². The van der Waals surface area contributed by atoms with Crippen molar-refractivity contribution in [3.8, 4) is 0 Å². The molecule has 2 N–H and O–H groups in total. The van der Waals surface area contributed by atoms with Crippen LogP contribution >= 0.6 is 11.3 Å². The van der Waals surface area contributed by atoms with Gasteiger partial charge in [0.25, 0.3) is 0 Å². The molecule has 1 aliphatic heterocycles. The number of fused-ring (bicyclic) bond motifs is 1. The minimum atomic E-state index is -0.497. The van der Waals surface area contributed by atoms with Crippen molar-refractivity contribution in [3.63, 3.8) is 0 Å². The number of nitrogens with one attached hydrogen (secondary N) is 2. The van der Waals surface area contributed by atoms with E-state index in [0.29, 0.717) is 10.8 Å². The second-order valence-electron chi connectivity index (χ2n) is 5.13. The van der Waals surface area contributed by atoms with Gasteiger partial charge in [-0.3, -0.25) is 14.9 Å². The van der Waals surface area contributed by atoms with Crippen LogP contribution < -0.4 is 10.6 Å². The van der Waals surface area contributed by atoms with Crippen molar-refractivity contribution in [1.29, 1.82) is 0 Å². The number of para-hydroxylation sites is 1. The van der Waals surface area contributed by atoms with Crippen molar-refractivity contribution >= 4 is 34.0 Å². The van der Waals surface area contributed by atoms with Gasteiger partial charge in [0.2, 0.25) is 16.9 Å². The zero-order valence-electron chi connectivity index (χ0n) is 12.1.